The third kappa shape index (κ3) is 3.93. The number of aliphatic hydroxyl groups excluding tert-OH is 1. The van der Waals surface area contributed by atoms with Gasteiger partial charge in [-0.25, -0.2) is 8.42 Å². The van der Waals surface area contributed by atoms with Gasteiger partial charge in [-0.2, -0.15) is 0 Å². The monoisotopic (exact) mass is 348 g/mol. The maximum absolute atomic E-state index is 12.9. The van der Waals surface area contributed by atoms with Crippen molar-refractivity contribution in [1.82, 2.24) is 5.32 Å². The number of aliphatic hydroxyl groups is 1. The molecule has 2 aromatic rings. The fourth-order valence-corrected chi connectivity index (χ4v) is 3.56. The average Bonchev–Trinajstić information content (AvgIpc) is 2.62. The van der Waals surface area contributed by atoms with Gasteiger partial charge >= 0.3 is 0 Å². The number of para-hydroxylation sites is 1. The van der Waals surface area contributed by atoms with Gasteiger partial charge in [-0.1, -0.05) is 30.3 Å². The number of nitrogens with one attached hydrogen (secondary N) is 1. The molecular weight excluding hydrogens is 328 g/mol. The van der Waals surface area contributed by atoms with Gasteiger partial charge in [-0.15, -0.1) is 0 Å². The molecule has 0 atom stereocenters. The molecule has 0 fully saturated rings. The zero-order valence-electron chi connectivity index (χ0n) is 13.3. The van der Waals surface area contributed by atoms with Gasteiger partial charge < -0.3 is 10.4 Å². The lowest BCUT2D eigenvalue weighted by Crippen LogP contribution is -2.31. The summed E-state index contributed by atoms with van der Waals surface area (Å²) in [5, 5.41) is 11.4. The summed E-state index contributed by atoms with van der Waals surface area (Å²) in [5.74, 6) is -0.482. The summed E-state index contributed by atoms with van der Waals surface area (Å²) in [4.78, 5) is 12.2. The number of carbonyl (C=O) groups is 1. The van der Waals surface area contributed by atoms with Crippen LogP contribution in [0.4, 0.5) is 5.69 Å². The van der Waals surface area contributed by atoms with E-state index >= 15 is 0 Å². The highest BCUT2D eigenvalue weighted by molar-refractivity contribution is 7.92. The molecule has 0 spiro atoms. The third-order valence-electron chi connectivity index (χ3n) is 3.51. The van der Waals surface area contributed by atoms with E-state index in [-0.39, 0.29) is 23.6 Å². The normalized spacial score (nSPS) is 11.1. The minimum atomic E-state index is -3.88. The lowest BCUT2D eigenvalue weighted by molar-refractivity contribution is 0.0948. The van der Waals surface area contributed by atoms with Gasteiger partial charge in [-0.3, -0.25) is 9.10 Å². The van der Waals surface area contributed by atoms with Crippen LogP contribution in [0.5, 0.6) is 0 Å². The Hall–Kier alpha value is -2.38. The summed E-state index contributed by atoms with van der Waals surface area (Å²) in [6, 6.07) is 14.7. The molecule has 24 heavy (non-hydrogen) atoms. The van der Waals surface area contributed by atoms with Gasteiger partial charge in [0, 0.05) is 20.2 Å². The van der Waals surface area contributed by atoms with Crippen LogP contribution in [-0.2, 0) is 10.0 Å². The van der Waals surface area contributed by atoms with E-state index in [1.165, 1.54) is 19.2 Å². The maximum Gasteiger partial charge on any atom is 0.264 e. The van der Waals surface area contributed by atoms with Gasteiger partial charge in [0.25, 0.3) is 15.9 Å². The van der Waals surface area contributed by atoms with Crippen molar-refractivity contribution < 1.29 is 18.3 Å². The predicted molar refractivity (Wildman–Crippen MR) is 92.5 cm³/mol. The fraction of sp³-hybridized carbons (Fsp3) is 0.235. The molecule has 0 aromatic heterocycles. The average molecular weight is 348 g/mol. The zero-order chi connectivity index (χ0) is 17.6. The first-order valence-electron chi connectivity index (χ1n) is 7.50. The lowest BCUT2D eigenvalue weighted by atomic mass is 10.2. The van der Waals surface area contributed by atoms with E-state index in [4.69, 9.17) is 5.11 Å². The topological polar surface area (TPSA) is 86.7 Å². The zero-order valence-corrected chi connectivity index (χ0v) is 14.2. The minimum absolute atomic E-state index is 0.0447. The van der Waals surface area contributed by atoms with Gasteiger partial charge in [-0.05, 0) is 30.7 Å². The van der Waals surface area contributed by atoms with Crippen molar-refractivity contribution in [2.75, 3.05) is 24.5 Å². The van der Waals surface area contributed by atoms with Gasteiger partial charge in [0.05, 0.1) is 11.3 Å². The van der Waals surface area contributed by atoms with E-state index in [1.807, 2.05) is 0 Å². The van der Waals surface area contributed by atoms with Crippen LogP contribution in [0, 0.1) is 0 Å². The van der Waals surface area contributed by atoms with Crippen molar-refractivity contribution in [3.63, 3.8) is 0 Å². The van der Waals surface area contributed by atoms with E-state index in [9.17, 15) is 13.2 Å². The second kappa shape index (κ2) is 7.94. The highest BCUT2D eigenvalue weighted by Gasteiger charge is 2.26. The Balaban J connectivity index is 2.36. The second-order valence-corrected chi connectivity index (χ2v) is 7.07. The standard InChI is InChI=1S/C17H20N2O4S/c1-19(14-8-3-2-4-9-14)24(22,23)16-11-6-5-10-15(16)17(21)18-12-7-13-20/h2-6,8-11,20H,7,12-13H2,1H3,(H,18,21). The van der Waals surface area contributed by atoms with Gasteiger partial charge in [0.1, 0.15) is 4.90 Å². The minimum Gasteiger partial charge on any atom is -0.396 e. The van der Waals surface area contributed by atoms with Crippen LogP contribution < -0.4 is 9.62 Å². The maximum atomic E-state index is 12.9. The number of amides is 1. The smallest absolute Gasteiger partial charge is 0.264 e. The first-order chi connectivity index (χ1) is 11.5. The molecule has 2 aromatic carbocycles. The SMILES string of the molecule is CN(c1ccccc1)S(=O)(=O)c1ccccc1C(=O)NCCCO. The molecule has 0 unspecified atom stereocenters. The fourth-order valence-electron chi connectivity index (χ4n) is 2.18. The summed E-state index contributed by atoms with van der Waals surface area (Å²) < 4.78 is 26.9. The summed E-state index contributed by atoms with van der Waals surface area (Å²) in [5.41, 5.74) is 0.589. The molecule has 0 aliphatic carbocycles. The largest absolute Gasteiger partial charge is 0.396 e. The van der Waals surface area contributed by atoms with Crippen LogP contribution in [0.25, 0.3) is 0 Å². The Morgan fingerprint density at radius 3 is 2.38 bits per heavy atom. The predicted octanol–water partition coefficient (Wildman–Crippen LogP) is 1.62. The van der Waals surface area contributed by atoms with Crippen LogP contribution in [0.2, 0.25) is 0 Å². The van der Waals surface area contributed by atoms with Crippen molar-refractivity contribution in [2.24, 2.45) is 0 Å². The van der Waals surface area contributed by atoms with E-state index in [2.05, 4.69) is 5.32 Å². The molecule has 0 saturated heterocycles. The molecule has 0 aliphatic rings. The first-order valence-corrected chi connectivity index (χ1v) is 8.94. The van der Waals surface area contributed by atoms with E-state index in [1.54, 1.807) is 42.5 Å². The number of anilines is 1. The quantitative estimate of drug-likeness (QED) is 0.745. The molecule has 7 heteroatoms. The number of sulfonamides is 1. The van der Waals surface area contributed by atoms with Crippen LogP contribution in [0.1, 0.15) is 16.8 Å². The highest BCUT2D eigenvalue weighted by Crippen LogP contribution is 2.24. The van der Waals surface area contributed by atoms with E-state index < -0.39 is 15.9 Å². The summed E-state index contributed by atoms with van der Waals surface area (Å²) in [6.07, 6.45) is 0.407. The second-order valence-electron chi connectivity index (χ2n) is 5.14. The molecule has 6 nitrogen and oxygen atoms in total. The highest BCUT2D eigenvalue weighted by atomic mass is 32.2. The van der Waals surface area contributed by atoms with Crippen LogP contribution >= 0.6 is 0 Å². The molecule has 2 N–H and O–H groups in total. The van der Waals surface area contributed by atoms with Crippen molar-refractivity contribution in [3.8, 4) is 0 Å². The van der Waals surface area contributed by atoms with Crippen molar-refractivity contribution in [1.29, 1.82) is 0 Å². The van der Waals surface area contributed by atoms with Crippen LogP contribution in [-0.4, -0.2) is 39.6 Å². The Kier molecular flexibility index (Phi) is 5.94. The Labute approximate surface area is 141 Å². The van der Waals surface area contributed by atoms with Gasteiger partial charge in [0.2, 0.25) is 0 Å². The van der Waals surface area contributed by atoms with Crippen LogP contribution in [0.3, 0.4) is 0 Å². The number of rotatable bonds is 7. The third-order valence-corrected chi connectivity index (χ3v) is 5.35. The molecule has 1 amide bonds. The van der Waals surface area contributed by atoms with Crippen LogP contribution in [0.15, 0.2) is 59.5 Å². The molecular formula is C17H20N2O4S. The molecule has 0 heterocycles. The molecule has 0 radical (unpaired) electrons. The molecule has 0 aliphatic heterocycles. The summed E-state index contributed by atoms with van der Waals surface area (Å²) in [6.45, 7) is 0.231. The van der Waals surface area contributed by atoms with Crippen molar-refractivity contribution in [2.45, 2.75) is 11.3 Å². The Morgan fingerprint density at radius 2 is 1.71 bits per heavy atom. The number of benzene rings is 2. The summed E-state index contributed by atoms with van der Waals surface area (Å²) in [7, 11) is -2.43. The number of hydrogen-bond acceptors (Lipinski definition) is 4. The Morgan fingerprint density at radius 1 is 1.08 bits per heavy atom. The molecule has 0 bridgehead atoms. The summed E-state index contributed by atoms with van der Waals surface area (Å²) >= 11 is 0. The van der Waals surface area contributed by atoms with Crippen molar-refractivity contribution in [3.05, 3.63) is 60.2 Å². The number of nitrogens with zero attached hydrogens (tertiary/aromatic N) is 1. The van der Waals surface area contributed by atoms with Crippen molar-refractivity contribution >= 4 is 21.6 Å². The Bertz CT molecular complexity index is 791. The van der Waals surface area contributed by atoms with Gasteiger partial charge in [0.15, 0.2) is 0 Å². The first kappa shape index (κ1) is 18.0. The van der Waals surface area contributed by atoms with E-state index in [0.29, 0.717) is 12.1 Å². The number of carbonyl (C=O) groups excluding carboxylic acids is 1. The molecule has 0 saturated carbocycles. The molecule has 128 valence electrons. The number of hydrogen-bond donors (Lipinski definition) is 2. The lowest BCUT2D eigenvalue weighted by Gasteiger charge is -2.21. The van der Waals surface area contributed by atoms with E-state index in [0.717, 1.165) is 4.31 Å². The molecule has 2 rings (SSSR count).